The summed E-state index contributed by atoms with van der Waals surface area (Å²) in [6.45, 7) is 3.67. The number of nitrogens with zero attached hydrogens (tertiary/aromatic N) is 1. The van der Waals surface area contributed by atoms with E-state index in [4.69, 9.17) is 5.73 Å². The van der Waals surface area contributed by atoms with E-state index >= 15 is 0 Å². The molecule has 0 aliphatic carbocycles. The first-order valence-electron chi connectivity index (χ1n) is 4.39. The summed E-state index contributed by atoms with van der Waals surface area (Å²) in [5, 5.41) is 5.07. The zero-order valence-corrected chi connectivity index (χ0v) is 8.60. The number of nitrogens with two attached hydrogens (primary N) is 1. The van der Waals surface area contributed by atoms with E-state index in [1.54, 1.807) is 11.3 Å². The molecule has 72 valence electrons. The van der Waals surface area contributed by atoms with Gasteiger partial charge in [0.2, 0.25) is 0 Å². The topological polar surface area (TPSA) is 50.4 Å². The molecule has 3 N–H and O–H groups in total. The molecular formula is C9H15N3S. The number of rotatable bonds is 4. The Morgan fingerprint density at radius 3 is 3.15 bits per heavy atom. The Morgan fingerprint density at radius 2 is 2.54 bits per heavy atom. The van der Waals surface area contributed by atoms with E-state index in [0.717, 1.165) is 13.0 Å². The van der Waals surface area contributed by atoms with E-state index in [0.29, 0.717) is 12.5 Å². The second-order valence-electron chi connectivity index (χ2n) is 2.71. The number of aliphatic imine (C=N–C) groups is 1. The number of thiophene rings is 1. The third-order valence-corrected chi connectivity index (χ3v) is 2.40. The standard InChI is InChI=1S/C9H15N3S/c1-2-5-11-9(10)12-7-8-4-3-6-13-8/h3-4,6H,2,5,7H2,1H3,(H3,10,11,12). The molecule has 1 aromatic rings. The monoisotopic (exact) mass is 197 g/mol. The van der Waals surface area contributed by atoms with Gasteiger partial charge >= 0.3 is 0 Å². The van der Waals surface area contributed by atoms with Gasteiger partial charge in [-0.15, -0.1) is 11.3 Å². The molecule has 0 fully saturated rings. The molecule has 0 amide bonds. The van der Waals surface area contributed by atoms with Gasteiger partial charge < -0.3 is 11.1 Å². The van der Waals surface area contributed by atoms with Crippen molar-refractivity contribution < 1.29 is 0 Å². The van der Waals surface area contributed by atoms with Gasteiger partial charge in [-0.1, -0.05) is 13.0 Å². The molecule has 1 heterocycles. The predicted molar refractivity (Wildman–Crippen MR) is 57.9 cm³/mol. The van der Waals surface area contributed by atoms with Crippen LogP contribution in [0.15, 0.2) is 22.5 Å². The molecule has 4 heteroatoms. The van der Waals surface area contributed by atoms with Gasteiger partial charge in [0.15, 0.2) is 5.96 Å². The highest BCUT2D eigenvalue weighted by Gasteiger charge is 1.92. The highest BCUT2D eigenvalue weighted by molar-refractivity contribution is 7.09. The maximum Gasteiger partial charge on any atom is 0.188 e. The summed E-state index contributed by atoms with van der Waals surface area (Å²) in [6.07, 6.45) is 1.06. The lowest BCUT2D eigenvalue weighted by Gasteiger charge is -2.01. The lowest BCUT2D eigenvalue weighted by Crippen LogP contribution is -2.32. The van der Waals surface area contributed by atoms with Gasteiger partial charge in [0.05, 0.1) is 6.54 Å². The number of nitrogens with one attached hydrogen (secondary N) is 1. The van der Waals surface area contributed by atoms with Gasteiger partial charge in [-0.25, -0.2) is 4.99 Å². The summed E-state index contributed by atoms with van der Waals surface area (Å²) in [6, 6.07) is 4.08. The van der Waals surface area contributed by atoms with Crippen molar-refractivity contribution in [1.29, 1.82) is 0 Å². The molecule has 0 aromatic carbocycles. The van der Waals surface area contributed by atoms with Crippen LogP contribution in [0.25, 0.3) is 0 Å². The van der Waals surface area contributed by atoms with Crippen molar-refractivity contribution >= 4 is 17.3 Å². The average Bonchev–Trinajstić information content (AvgIpc) is 2.64. The first-order chi connectivity index (χ1) is 6.33. The largest absolute Gasteiger partial charge is 0.370 e. The Kier molecular flexibility index (Phi) is 4.32. The minimum Gasteiger partial charge on any atom is -0.370 e. The van der Waals surface area contributed by atoms with Crippen molar-refractivity contribution in [2.24, 2.45) is 10.7 Å². The van der Waals surface area contributed by atoms with Crippen molar-refractivity contribution in [1.82, 2.24) is 5.32 Å². The second-order valence-corrected chi connectivity index (χ2v) is 3.74. The van der Waals surface area contributed by atoms with Gasteiger partial charge in [0.1, 0.15) is 0 Å². The first-order valence-corrected chi connectivity index (χ1v) is 5.27. The first kappa shape index (κ1) is 10.1. The Morgan fingerprint density at radius 1 is 1.69 bits per heavy atom. The van der Waals surface area contributed by atoms with Gasteiger partial charge in [-0.05, 0) is 17.9 Å². The van der Waals surface area contributed by atoms with E-state index in [9.17, 15) is 0 Å². The average molecular weight is 197 g/mol. The van der Waals surface area contributed by atoms with Crippen molar-refractivity contribution in [3.05, 3.63) is 22.4 Å². The zero-order chi connectivity index (χ0) is 9.52. The number of guanidine groups is 1. The van der Waals surface area contributed by atoms with Crippen LogP contribution in [-0.4, -0.2) is 12.5 Å². The molecule has 0 saturated heterocycles. The maximum absolute atomic E-state index is 5.62. The number of hydrogen-bond donors (Lipinski definition) is 2. The molecule has 13 heavy (non-hydrogen) atoms. The van der Waals surface area contributed by atoms with Gasteiger partial charge in [-0.3, -0.25) is 0 Å². The Labute approximate surface area is 82.7 Å². The Bertz CT molecular complexity index is 254. The Hall–Kier alpha value is -1.03. The van der Waals surface area contributed by atoms with E-state index < -0.39 is 0 Å². The minimum absolute atomic E-state index is 0.537. The summed E-state index contributed by atoms with van der Waals surface area (Å²) in [4.78, 5) is 5.44. The minimum atomic E-state index is 0.537. The molecule has 1 rings (SSSR count). The highest BCUT2D eigenvalue weighted by atomic mass is 32.1. The smallest absolute Gasteiger partial charge is 0.188 e. The fourth-order valence-electron chi connectivity index (χ4n) is 0.875. The molecular weight excluding hydrogens is 182 g/mol. The molecule has 3 nitrogen and oxygen atoms in total. The highest BCUT2D eigenvalue weighted by Crippen LogP contribution is 2.08. The van der Waals surface area contributed by atoms with Crippen molar-refractivity contribution in [2.45, 2.75) is 19.9 Å². The van der Waals surface area contributed by atoms with Crippen LogP contribution < -0.4 is 11.1 Å². The quantitative estimate of drug-likeness (QED) is 0.568. The van der Waals surface area contributed by atoms with Crippen molar-refractivity contribution in [3.63, 3.8) is 0 Å². The van der Waals surface area contributed by atoms with E-state index in [1.165, 1.54) is 4.88 Å². The predicted octanol–water partition coefficient (Wildman–Crippen LogP) is 1.56. The van der Waals surface area contributed by atoms with Crippen molar-refractivity contribution in [3.8, 4) is 0 Å². The summed E-state index contributed by atoms with van der Waals surface area (Å²) in [5.41, 5.74) is 5.62. The van der Waals surface area contributed by atoms with Crippen LogP contribution in [0.3, 0.4) is 0 Å². The SMILES string of the molecule is CCCNC(N)=NCc1cccs1. The van der Waals surface area contributed by atoms with Crippen LogP contribution in [0.4, 0.5) is 0 Å². The van der Waals surface area contributed by atoms with Crippen LogP contribution in [0.1, 0.15) is 18.2 Å². The fourth-order valence-corrected chi connectivity index (χ4v) is 1.50. The molecule has 0 atom stereocenters. The van der Waals surface area contributed by atoms with Crippen molar-refractivity contribution in [2.75, 3.05) is 6.54 Å². The van der Waals surface area contributed by atoms with Crippen LogP contribution in [0.2, 0.25) is 0 Å². The van der Waals surface area contributed by atoms with Crippen LogP contribution >= 0.6 is 11.3 Å². The van der Waals surface area contributed by atoms with E-state index in [-0.39, 0.29) is 0 Å². The zero-order valence-electron chi connectivity index (χ0n) is 7.79. The number of hydrogen-bond acceptors (Lipinski definition) is 2. The van der Waals surface area contributed by atoms with E-state index in [2.05, 4.69) is 23.3 Å². The molecule has 0 radical (unpaired) electrons. The fraction of sp³-hybridized carbons (Fsp3) is 0.444. The van der Waals surface area contributed by atoms with Gasteiger partial charge in [0.25, 0.3) is 0 Å². The van der Waals surface area contributed by atoms with Crippen LogP contribution in [-0.2, 0) is 6.54 Å². The molecule has 0 unspecified atom stereocenters. The third kappa shape index (κ3) is 3.94. The van der Waals surface area contributed by atoms with Crippen LogP contribution in [0, 0.1) is 0 Å². The summed E-state index contributed by atoms with van der Waals surface area (Å²) >= 11 is 1.70. The normalized spacial score (nSPS) is 11.6. The van der Waals surface area contributed by atoms with E-state index in [1.807, 2.05) is 11.4 Å². The summed E-state index contributed by atoms with van der Waals surface area (Å²) < 4.78 is 0. The lowest BCUT2D eigenvalue weighted by molar-refractivity contribution is 0.826. The third-order valence-electron chi connectivity index (χ3n) is 1.54. The molecule has 0 saturated carbocycles. The molecule has 0 aliphatic heterocycles. The molecule has 0 spiro atoms. The lowest BCUT2D eigenvalue weighted by atomic mass is 10.5. The Balaban J connectivity index is 2.30. The molecule has 0 bridgehead atoms. The second kappa shape index (κ2) is 5.59. The van der Waals surface area contributed by atoms with Gasteiger partial charge in [-0.2, -0.15) is 0 Å². The van der Waals surface area contributed by atoms with Crippen LogP contribution in [0.5, 0.6) is 0 Å². The summed E-state index contributed by atoms with van der Waals surface area (Å²) in [5.74, 6) is 0.537. The summed E-state index contributed by atoms with van der Waals surface area (Å²) in [7, 11) is 0. The molecule has 0 aliphatic rings. The molecule has 1 aromatic heterocycles. The maximum atomic E-state index is 5.62. The van der Waals surface area contributed by atoms with Gasteiger partial charge in [0, 0.05) is 11.4 Å².